The summed E-state index contributed by atoms with van der Waals surface area (Å²) < 4.78 is 0. The summed E-state index contributed by atoms with van der Waals surface area (Å²) in [6.07, 6.45) is 1.12. The first-order valence-electron chi connectivity index (χ1n) is 8.33. The molecule has 0 aliphatic heterocycles. The summed E-state index contributed by atoms with van der Waals surface area (Å²) in [7, 11) is 0. The molecule has 122 valence electrons. The van der Waals surface area contributed by atoms with Crippen LogP contribution in [0.1, 0.15) is 68.4 Å². The van der Waals surface area contributed by atoms with Crippen LogP contribution in [0.2, 0.25) is 0 Å². The predicted molar refractivity (Wildman–Crippen MR) is 98.2 cm³/mol. The van der Waals surface area contributed by atoms with Gasteiger partial charge in [0.05, 0.1) is 0 Å². The minimum absolute atomic E-state index is 0.0678. The zero-order valence-corrected chi connectivity index (χ0v) is 14.8. The van der Waals surface area contributed by atoms with Gasteiger partial charge in [0.2, 0.25) is 0 Å². The van der Waals surface area contributed by atoms with E-state index in [1.165, 1.54) is 11.1 Å². The largest absolute Gasteiger partial charge is 0.322 e. The molecule has 0 aliphatic carbocycles. The molecule has 0 saturated carbocycles. The molecule has 0 aromatic heterocycles. The van der Waals surface area contributed by atoms with E-state index in [1.54, 1.807) is 0 Å². The third-order valence-electron chi connectivity index (χ3n) is 4.36. The quantitative estimate of drug-likeness (QED) is 0.765. The van der Waals surface area contributed by atoms with Crippen LogP contribution in [0, 0.1) is 0 Å². The van der Waals surface area contributed by atoms with Crippen LogP contribution >= 0.6 is 0 Å². The third kappa shape index (κ3) is 4.44. The third-order valence-corrected chi connectivity index (χ3v) is 4.36. The molecule has 1 amide bonds. The van der Waals surface area contributed by atoms with Crippen molar-refractivity contribution in [1.29, 1.82) is 0 Å². The van der Waals surface area contributed by atoms with Gasteiger partial charge in [-0.3, -0.25) is 4.79 Å². The van der Waals surface area contributed by atoms with Gasteiger partial charge in [-0.2, -0.15) is 0 Å². The molecule has 0 radical (unpaired) electrons. The highest BCUT2D eigenvalue weighted by atomic mass is 16.1. The normalized spacial score (nSPS) is 12.7. The summed E-state index contributed by atoms with van der Waals surface area (Å²) in [5.74, 6) is 0.478. The molecule has 0 fully saturated rings. The number of hydrogen-bond donors (Lipinski definition) is 1. The Morgan fingerprint density at radius 3 is 2.04 bits per heavy atom. The first kappa shape index (κ1) is 17.3. The number of rotatable bonds is 4. The summed E-state index contributed by atoms with van der Waals surface area (Å²) in [5, 5.41) is 2.96. The van der Waals surface area contributed by atoms with Gasteiger partial charge in [-0.1, -0.05) is 58.9 Å². The number of amides is 1. The SMILES string of the molecule is CC[C@@H](C)c1ccc(NC(=O)c2ccc(C(C)(C)C)cc2)cc1. The van der Waals surface area contributed by atoms with Gasteiger partial charge >= 0.3 is 0 Å². The van der Waals surface area contributed by atoms with E-state index in [1.807, 2.05) is 36.4 Å². The molecule has 2 heteroatoms. The molecule has 2 nitrogen and oxygen atoms in total. The topological polar surface area (TPSA) is 29.1 Å². The molecule has 1 atom stereocenters. The Bertz CT molecular complexity index is 648. The maximum atomic E-state index is 12.3. The lowest BCUT2D eigenvalue weighted by molar-refractivity contribution is 0.102. The second-order valence-corrected chi connectivity index (χ2v) is 7.21. The smallest absolute Gasteiger partial charge is 0.255 e. The predicted octanol–water partition coefficient (Wildman–Crippen LogP) is 5.75. The standard InChI is InChI=1S/C21H27NO/c1-6-15(2)16-9-13-19(14-10-16)22-20(23)17-7-11-18(12-8-17)21(3,4)5/h7-15H,6H2,1-5H3,(H,22,23)/t15-/m1/s1. The van der Waals surface area contributed by atoms with E-state index >= 15 is 0 Å². The number of carbonyl (C=O) groups excluding carboxylic acids is 1. The molecule has 23 heavy (non-hydrogen) atoms. The fourth-order valence-electron chi connectivity index (χ4n) is 2.46. The van der Waals surface area contributed by atoms with Crippen LogP contribution < -0.4 is 5.32 Å². The van der Waals surface area contributed by atoms with Crippen LogP contribution in [0.15, 0.2) is 48.5 Å². The van der Waals surface area contributed by atoms with Crippen molar-refractivity contribution in [3.63, 3.8) is 0 Å². The van der Waals surface area contributed by atoms with Crippen LogP contribution in [-0.4, -0.2) is 5.91 Å². The van der Waals surface area contributed by atoms with Gasteiger partial charge in [-0.25, -0.2) is 0 Å². The summed E-state index contributed by atoms with van der Waals surface area (Å²) >= 11 is 0. The molecular weight excluding hydrogens is 282 g/mol. The van der Waals surface area contributed by atoms with Crippen LogP contribution in [0.4, 0.5) is 5.69 Å². The van der Waals surface area contributed by atoms with Gasteiger partial charge in [-0.05, 0) is 53.1 Å². The summed E-state index contributed by atoms with van der Waals surface area (Å²) in [4.78, 5) is 12.3. The Kier molecular flexibility index (Phi) is 5.25. The summed E-state index contributed by atoms with van der Waals surface area (Å²) in [6.45, 7) is 10.9. The molecule has 0 saturated heterocycles. The molecule has 1 N–H and O–H groups in total. The number of benzene rings is 2. The van der Waals surface area contributed by atoms with Crippen molar-refractivity contribution in [2.45, 2.75) is 52.4 Å². The maximum absolute atomic E-state index is 12.3. The Labute approximate surface area is 139 Å². The highest BCUT2D eigenvalue weighted by Crippen LogP contribution is 2.23. The number of nitrogens with one attached hydrogen (secondary N) is 1. The Balaban J connectivity index is 2.07. The van der Waals surface area contributed by atoms with Crippen LogP contribution in [0.3, 0.4) is 0 Å². The lowest BCUT2D eigenvalue weighted by atomic mass is 9.87. The molecule has 0 heterocycles. The van der Waals surface area contributed by atoms with E-state index in [4.69, 9.17) is 0 Å². The van der Waals surface area contributed by atoms with Crippen molar-refractivity contribution in [1.82, 2.24) is 0 Å². The Hall–Kier alpha value is -2.09. The fourth-order valence-corrected chi connectivity index (χ4v) is 2.46. The van der Waals surface area contributed by atoms with E-state index in [0.29, 0.717) is 11.5 Å². The monoisotopic (exact) mass is 309 g/mol. The van der Waals surface area contributed by atoms with Crippen molar-refractivity contribution >= 4 is 11.6 Å². The minimum atomic E-state index is -0.0678. The van der Waals surface area contributed by atoms with E-state index in [0.717, 1.165) is 12.1 Å². The van der Waals surface area contributed by atoms with Crippen LogP contribution in [0.25, 0.3) is 0 Å². The lowest BCUT2D eigenvalue weighted by Gasteiger charge is -2.19. The highest BCUT2D eigenvalue weighted by molar-refractivity contribution is 6.04. The Morgan fingerprint density at radius 1 is 1.00 bits per heavy atom. The first-order chi connectivity index (χ1) is 10.8. The van der Waals surface area contributed by atoms with Gasteiger partial charge < -0.3 is 5.32 Å². The first-order valence-corrected chi connectivity index (χ1v) is 8.33. The van der Waals surface area contributed by atoms with Crippen molar-refractivity contribution in [2.75, 3.05) is 5.32 Å². The molecular formula is C21H27NO. The molecule has 0 bridgehead atoms. The average molecular weight is 309 g/mol. The van der Waals surface area contributed by atoms with Crippen molar-refractivity contribution in [2.24, 2.45) is 0 Å². The molecule has 2 aromatic rings. The van der Waals surface area contributed by atoms with Crippen LogP contribution in [-0.2, 0) is 5.41 Å². The van der Waals surface area contributed by atoms with E-state index in [-0.39, 0.29) is 11.3 Å². The highest BCUT2D eigenvalue weighted by Gasteiger charge is 2.14. The van der Waals surface area contributed by atoms with E-state index < -0.39 is 0 Å². The lowest BCUT2D eigenvalue weighted by Crippen LogP contribution is -2.14. The molecule has 0 unspecified atom stereocenters. The molecule has 0 aliphatic rings. The second kappa shape index (κ2) is 6.99. The fraction of sp³-hybridized carbons (Fsp3) is 0.381. The van der Waals surface area contributed by atoms with Crippen molar-refractivity contribution in [3.05, 3.63) is 65.2 Å². The maximum Gasteiger partial charge on any atom is 0.255 e. The van der Waals surface area contributed by atoms with Gasteiger partial charge in [0.1, 0.15) is 0 Å². The van der Waals surface area contributed by atoms with E-state index in [2.05, 4.69) is 52.1 Å². The zero-order valence-electron chi connectivity index (χ0n) is 14.8. The Morgan fingerprint density at radius 2 is 1.57 bits per heavy atom. The van der Waals surface area contributed by atoms with Gasteiger partial charge in [-0.15, -0.1) is 0 Å². The molecule has 2 aromatic carbocycles. The number of carbonyl (C=O) groups is 1. The molecule has 2 rings (SSSR count). The van der Waals surface area contributed by atoms with Gasteiger partial charge in [0.15, 0.2) is 0 Å². The zero-order chi connectivity index (χ0) is 17.0. The van der Waals surface area contributed by atoms with Crippen LogP contribution in [0.5, 0.6) is 0 Å². The van der Waals surface area contributed by atoms with Gasteiger partial charge in [0, 0.05) is 11.3 Å². The second-order valence-electron chi connectivity index (χ2n) is 7.21. The minimum Gasteiger partial charge on any atom is -0.322 e. The van der Waals surface area contributed by atoms with Crippen molar-refractivity contribution < 1.29 is 4.79 Å². The summed E-state index contributed by atoms with van der Waals surface area (Å²) in [6, 6.07) is 16.0. The van der Waals surface area contributed by atoms with Gasteiger partial charge in [0.25, 0.3) is 5.91 Å². The number of hydrogen-bond acceptors (Lipinski definition) is 1. The van der Waals surface area contributed by atoms with Crippen molar-refractivity contribution in [3.8, 4) is 0 Å². The summed E-state index contributed by atoms with van der Waals surface area (Å²) in [5.41, 5.74) is 4.15. The number of anilines is 1. The van der Waals surface area contributed by atoms with E-state index in [9.17, 15) is 4.79 Å². The average Bonchev–Trinajstić information content (AvgIpc) is 2.54. The molecule has 0 spiro atoms.